The molecule has 1 aromatic heterocycles. The summed E-state index contributed by atoms with van der Waals surface area (Å²) < 4.78 is 5.77. The highest BCUT2D eigenvalue weighted by Gasteiger charge is 2.41. The van der Waals surface area contributed by atoms with Gasteiger partial charge in [0, 0.05) is 36.4 Å². The van der Waals surface area contributed by atoms with Gasteiger partial charge in [0.1, 0.15) is 72.6 Å². The minimum absolute atomic E-state index is 0.000544. The number of amides is 14. The summed E-state index contributed by atoms with van der Waals surface area (Å²) in [6.45, 7) is 1.48. The van der Waals surface area contributed by atoms with E-state index in [1.165, 1.54) is 24.3 Å². The quantitative estimate of drug-likeness (QED) is 0.0196. The number of cyclic esters (lactones) is 1. The number of unbranched alkanes of at least 4 members (excludes halogenated alkanes) is 6. The Balaban J connectivity index is 1.84. The van der Waals surface area contributed by atoms with Crippen LogP contribution < -0.4 is 80.6 Å². The van der Waals surface area contributed by atoms with Gasteiger partial charge in [-0.15, -0.1) is 0 Å². The summed E-state index contributed by atoms with van der Waals surface area (Å²) in [5.74, 6) is -27.5. The number of aromatic amines is 1. The van der Waals surface area contributed by atoms with Crippen molar-refractivity contribution in [3.8, 4) is 0 Å². The lowest BCUT2D eigenvalue weighted by molar-refractivity contribution is -0.156. The molecular weight excluding hydrogens is 1480 g/mol. The molecule has 23 N–H and O–H groups in total. The third-order valence-electron chi connectivity index (χ3n) is 17.5. The lowest BCUT2D eigenvalue weighted by atomic mass is 9.96. The Labute approximate surface area is 641 Å². The second-order valence-electron chi connectivity index (χ2n) is 26.7. The molecule has 14 amide bonds. The van der Waals surface area contributed by atoms with Crippen LogP contribution in [0.4, 0.5) is 0 Å². The third-order valence-corrected chi connectivity index (χ3v) is 17.5. The third kappa shape index (κ3) is 32.2. The summed E-state index contributed by atoms with van der Waals surface area (Å²) in [6, 6.07) is -7.25. The molecule has 3 aromatic rings. The van der Waals surface area contributed by atoms with E-state index in [0.29, 0.717) is 29.3 Å². The van der Waals surface area contributed by atoms with Crippen LogP contribution in [0.15, 0.2) is 60.8 Å². The van der Waals surface area contributed by atoms with Crippen molar-refractivity contribution in [2.45, 2.75) is 209 Å². The number of benzene rings is 2. The first-order valence-electron chi connectivity index (χ1n) is 36.2. The Hall–Kier alpha value is -12.2. The molecule has 1 saturated heterocycles. The van der Waals surface area contributed by atoms with Crippen molar-refractivity contribution < 1.29 is 121 Å². The monoisotopic (exact) mass is 1580 g/mol. The molecule has 614 valence electrons. The number of ether oxygens (including phenoxy) is 1. The van der Waals surface area contributed by atoms with Crippen LogP contribution in [0, 0.1) is 5.92 Å². The number of aliphatic carboxylic acids is 4. The molecule has 1 fully saturated rings. The van der Waals surface area contributed by atoms with E-state index in [9.17, 15) is 117 Å². The van der Waals surface area contributed by atoms with Gasteiger partial charge in [-0.25, -0.2) is 4.79 Å². The SMILES string of the molecule is CCCCCCCCCC(=O)N[C@@H](Cc1c[nH]c2ccccc12)C(=O)N[C@@H](CC(N)=O)C(=O)N[C@@H](CC(=O)O)C(=O)NC1C(=O)NCC(=O)N[C@H](CCCN)C(=O)NC(CC(=O)O)C(=O)N[C@H](C)C(=O)N[C@@H](CC(=O)O)C(=O)NCC(=O)NC(CO)C(=O)N[C@@H]([C@@H](C)CC(=O)O)C(=O)NC(Cc2ccccc2)C(=O)OC1C. The van der Waals surface area contributed by atoms with E-state index in [0.717, 1.165) is 52.9 Å². The minimum atomic E-state index is -2.34. The molecule has 0 saturated carbocycles. The van der Waals surface area contributed by atoms with Gasteiger partial charge >= 0.3 is 29.8 Å². The molecule has 0 bridgehead atoms. The number of esters is 1. The van der Waals surface area contributed by atoms with Gasteiger partial charge in [0.05, 0.1) is 51.8 Å². The number of H-pyrrole nitrogens is 1. The first-order valence-corrected chi connectivity index (χ1v) is 36.2. The number of aliphatic hydroxyl groups is 1. The average molecular weight is 1580 g/mol. The highest BCUT2D eigenvalue weighted by atomic mass is 16.5. The highest BCUT2D eigenvalue weighted by molar-refractivity contribution is 6.02. The Bertz CT molecular complexity index is 3860. The standard InChI is InChI=1S/C71H100N16O25/c1-5-6-7-8-9-10-14-23-52(90)79-44(27-40-32-74-42-21-16-15-20-41(40)42)65(105)82-45(28-51(73)89)66(106)84-48(31-58(99)100)67(107)87-60-38(4)112-71(111)49(26-39-18-12-11-13-19-39)85-70(110)59(36(2)25-55(93)94)86-68(108)50(35-88)80-54(92)33-75-62(102)46(29-56(95)96)81-61(101)37(3)77-64(104)47(30-57(97)98)83-63(103)43(22-17-24-72)78-53(91)34-76-69(60)109/h11-13,15-16,18-21,32,36-38,43-50,59-60,74,88H,5-10,14,17,22-31,33-35,72H2,1-4H3,(H2,73,89)(H,75,102)(H,76,109)(H,77,104)(H,78,91)(H,79,90)(H,80,92)(H,81,101)(H,82,105)(H,83,103)(H,84,106)(H,85,110)(H,86,108)(H,87,107)(H,93,94)(H,95,96)(H,97,98)(H,99,100)/t36-,37+,38?,43+,44-,45-,46-,47?,48-,49?,50?,59-,60?/m0/s1. The zero-order valence-corrected chi connectivity index (χ0v) is 62.2. The molecule has 0 aliphatic carbocycles. The fourth-order valence-electron chi connectivity index (χ4n) is 11.5. The molecule has 2 heterocycles. The summed E-state index contributed by atoms with van der Waals surface area (Å²) in [4.78, 5) is 261. The van der Waals surface area contributed by atoms with Crippen molar-refractivity contribution >= 4 is 123 Å². The number of carboxylic acids is 4. The number of carboxylic acid groups (broad SMARTS) is 4. The second kappa shape index (κ2) is 47.0. The number of aliphatic hydroxyl groups excluding tert-OH is 1. The van der Waals surface area contributed by atoms with E-state index in [-0.39, 0.29) is 37.8 Å². The Morgan fingerprint density at radius 2 is 1.08 bits per heavy atom. The van der Waals surface area contributed by atoms with Crippen LogP contribution in [0.5, 0.6) is 0 Å². The number of hydrogen-bond acceptors (Lipinski definition) is 22. The first-order chi connectivity index (χ1) is 53.0. The number of nitrogens with two attached hydrogens (primary N) is 2. The average Bonchev–Trinajstić information content (AvgIpc) is 1.63. The predicted molar refractivity (Wildman–Crippen MR) is 391 cm³/mol. The molecular formula is C71H100N16O25. The second-order valence-corrected chi connectivity index (χ2v) is 26.7. The van der Waals surface area contributed by atoms with Crippen LogP contribution in [0.1, 0.15) is 135 Å². The van der Waals surface area contributed by atoms with Crippen LogP contribution >= 0.6 is 0 Å². The molecule has 0 radical (unpaired) electrons. The van der Waals surface area contributed by atoms with Crippen LogP contribution in [0.2, 0.25) is 0 Å². The number of carbonyl (C=O) groups is 19. The molecule has 13 atom stereocenters. The Morgan fingerprint density at radius 3 is 1.68 bits per heavy atom. The summed E-state index contributed by atoms with van der Waals surface area (Å²) in [5.41, 5.74) is 12.8. The van der Waals surface area contributed by atoms with Crippen LogP contribution in [-0.2, 0) is 109 Å². The zero-order chi connectivity index (χ0) is 83.3. The van der Waals surface area contributed by atoms with Gasteiger partial charge in [-0.3, -0.25) is 86.3 Å². The fraction of sp³-hybridized carbons (Fsp3) is 0.535. The van der Waals surface area contributed by atoms with Crippen molar-refractivity contribution in [2.75, 3.05) is 26.2 Å². The van der Waals surface area contributed by atoms with Crippen molar-refractivity contribution in [1.82, 2.24) is 74.1 Å². The zero-order valence-electron chi connectivity index (χ0n) is 62.2. The van der Waals surface area contributed by atoms with Crippen molar-refractivity contribution in [1.29, 1.82) is 0 Å². The minimum Gasteiger partial charge on any atom is -0.481 e. The lowest BCUT2D eigenvalue weighted by Gasteiger charge is -2.30. The maximum absolute atomic E-state index is 14.8. The Morgan fingerprint density at radius 1 is 0.545 bits per heavy atom. The number of hydrogen-bond donors (Lipinski definition) is 21. The molecule has 0 spiro atoms. The van der Waals surface area contributed by atoms with Gasteiger partial charge in [0.15, 0.2) is 0 Å². The summed E-state index contributed by atoms with van der Waals surface area (Å²) in [6.07, 6.45) is -1.15. The largest absolute Gasteiger partial charge is 0.481 e. The smallest absolute Gasteiger partial charge is 0.329 e. The summed E-state index contributed by atoms with van der Waals surface area (Å²) >= 11 is 0. The maximum atomic E-state index is 14.8. The van der Waals surface area contributed by atoms with Crippen LogP contribution in [0.3, 0.4) is 0 Å². The number of nitrogens with one attached hydrogen (secondary N) is 14. The number of aromatic nitrogens is 1. The molecule has 112 heavy (non-hydrogen) atoms. The highest BCUT2D eigenvalue weighted by Crippen LogP contribution is 2.21. The van der Waals surface area contributed by atoms with Gasteiger partial charge in [0.2, 0.25) is 82.7 Å². The molecule has 5 unspecified atom stereocenters. The first kappa shape index (κ1) is 92.2. The van der Waals surface area contributed by atoms with E-state index < -0.39 is 249 Å². The number of fused-ring (bicyclic) bond motifs is 1. The molecule has 4 rings (SSSR count). The predicted octanol–water partition coefficient (Wildman–Crippen LogP) is -5.23. The molecule has 41 nitrogen and oxygen atoms in total. The van der Waals surface area contributed by atoms with Gasteiger partial charge in [-0.05, 0) is 62.8 Å². The fourth-order valence-corrected chi connectivity index (χ4v) is 11.5. The lowest BCUT2D eigenvalue weighted by Crippen LogP contribution is -2.62. The normalized spacial score (nSPS) is 21.5. The van der Waals surface area contributed by atoms with Gasteiger partial charge in [-0.2, -0.15) is 0 Å². The van der Waals surface area contributed by atoms with Gasteiger partial charge < -0.3 is 116 Å². The maximum Gasteiger partial charge on any atom is 0.329 e. The van der Waals surface area contributed by atoms with Crippen LogP contribution in [0.25, 0.3) is 10.9 Å². The van der Waals surface area contributed by atoms with E-state index >= 15 is 0 Å². The number of rotatable bonds is 34. The van der Waals surface area contributed by atoms with E-state index in [2.05, 4.69) is 65.1 Å². The number of carbonyl (C=O) groups excluding carboxylic acids is 15. The van der Waals surface area contributed by atoms with E-state index in [1.807, 2.05) is 16.0 Å². The van der Waals surface area contributed by atoms with Crippen molar-refractivity contribution in [3.05, 3.63) is 71.9 Å². The molecule has 1 aliphatic rings. The summed E-state index contributed by atoms with van der Waals surface area (Å²) in [7, 11) is 0. The van der Waals surface area contributed by atoms with Crippen molar-refractivity contribution in [2.24, 2.45) is 17.4 Å². The van der Waals surface area contributed by atoms with E-state index in [4.69, 9.17) is 16.2 Å². The number of para-hydroxylation sites is 1. The summed E-state index contributed by atoms with van der Waals surface area (Å²) in [5, 5.41) is 79.2. The van der Waals surface area contributed by atoms with Crippen molar-refractivity contribution in [3.63, 3.8) is 0 Å². The topological polar surface area (TPSA) is 659 Å². The van der Waals surface area contributed by atoms with Gasteiger partial charge in [0.25, 0.3) is 0 Å². The molecule has 41 heteroatoms. The van der Waals surface area contributed by atoms with E-state index in [1.54, 1.807) is 36.5 Å². The number of primary amides is 1. The molecule has 1 aliphatic heterocycles. The molecule has 2 aromatic carbocycles. The Kier molecular flexibility index (Phi) is 38.7. The van der Waals surface area contributed by atoms with Crippen LogP contribution in [-0.4, -0.2) is 242 Å². The van der Waals surface area contributed by atoms with Gasteiger partial charge in [-0.1, -0.05) is 101 Å².